The highest BCUT2D eigenvalue weighted by atomic mass is 79.9. The van der Waals surface area contributed by atoms with E-state index in [1.165, 1.54) is 0 Å². The molecular formula is C8H15Br2O4P. The summed E-state index contributed by atoms with van der Waals surface area (Å²) < 4.78 is 21.4. The van der Waals surface area contributed by atoms with E-state index in [0.717, 1.165) is 0 Å². The zero-order chi connectivity index (χ0) is 11.7. The largest absolute Gasteiger partial charge is 0.396 e. The Morgan fingerprint density at radius 1 is 1.47 bits per heavy atom. The molecule has 15 heavy (non-hydrogen) atoms. The van der Waals surface area contributed by atoms with Crippen molar-refractivity contribution < 1.29 is 18.7 Å². The summed E-state index contributed by atoms with van der Waals surface area (Å²) >= 11 is 6.01. The standard InChI is InChI=1S/C8H15Br2O4P/c1-2-3-8(11)4-6-13-15(10,12)14-7-5-9/h2-3,8,11H,4-7H2,1H3. The van der Waals surface area contributed by atoms with Gasteiger partial charge >= 0.3 is 6.30 Å². The first-order chi connectivity index (χ1) is 7.02. The summed E-state index contributed by atoms with van der Waals surface area (Å²) in [6, 6.07) is 0. The number of aliphatic hydroxyl groups is 1. The number of halogens is 2. The van der Waals surface area contributed by atoms with Gasteiger partial charge in [-0.2, -0.15) is 0 Å². The lowest BCUT2D eigenvalue weighted by Crippen LogP contribution is -2.06. The maximum absolute atomic E-state index is 11.5. The Hall–Kier alpha value is 0.810. The second-order valence-corrected chi connectivity index (χ2v) is 7.44. The minimum Gasteiger partial charge on any atom is -0.389 e. The summed E-state index contributed by atoms with van der Waals surface area (Å²) in [6.45, 7) is 2.30. The highest BCUT2D eigenvalue weighted by Crippen LogP contribution is 2.56. The maximum Gasteiger partial charge on any atom is 0.396 e. The first-order valence-electron chi connectivity index (χ1n) is 4.47. The van der Waals surface area contributed by atoms with Crippen molar-refractivity contribution in [2.45, 2.75) is 19.4 Å². The summed E-state index contributed by atoms with van der Waals surface area (Å²) in [5, 5.41) is 9.89. The van der Waals surface area contributed by atoms with Crippen molar-refractivity contribution in [2.75, 3.05) is 18.5 Å². The van der Waals surface area contributed by atoms with Crippen LogP contribution in [0.15, 0.2) is 12.2 Å². The normalized spacial score (nSPS) is 17.9. The van der Waals surface area contributed by atoms with Crippen molar-refractivity contribution in [1.82, 2.24) is 0 Å². The van der Waals surface area contributed by atoms with Crippen LogP contribution in [-0.4, -0.2) is 29.8 Å². The molecule has 2 unspecified atom stereocenters. The van der Waals surface area contributed by atoms with E-state index in [1.54, 1.807) is 12.2 Å². The first-order valence-corrected chi connectivity index (χ1v) is 9.15. The Kier molecular flexibility index (Phi) is 9.39. The Labute approximate surface area is 106 Å². The molecule has 0 heterocycles. The number of aliphatic hydroxyl groups excluding tert-OH is 1. The lowest BCUT2D eigenvalue weighted by atomic mass is 10.2. The zero-order valence-electron chi connectivity index (χ0n) is 8.44. The summed E-state index contributed by atoms with van der Waals surface area (Å²) in [6.07, 6.45) is 0.0694. The molecule has 0 aliphatic carbocycles. The molecule has 7 heteroatoms. The fraction of sp³-hybridized carbons (Fsp3) is 0.750. The van der Waals surface area contributed by atoms with Gasteiger partial charge < -0.3 is 9.63 Å². The van der Waals surface area contributed by atoms with Crippen LogP contribution in [0, 0.1) is 0 Å². The second-order valence-electron chi connectivity index (χ2n) is 2.67. The Balaban J connectivity index is 3.69. The van der Waals surface area contributed by atoms with Crippen LogP contribution in [0.2, 0.25) is 0 Å². The molecule has 0 aliphatic rings. The van der Waals surface area contributed by atoms with Gasteiger partial charge in [0, 0.05) is 27.2 Å². The van der Waals surface area contributed by atoms with Gasteiger partial charge in [-0.1, -0.05) is 28.1 Å². The number of rotatable bonds is 8. The number of hydrogen-bond acceptors (Lipinski definition) is 4. The summed E-state index contributed by atoms with van der Waals surface area (Å²) in [5.41, 5.74) is 0. The average molecular weight is 366 g/mol. The van der Waals surface area contributed by atoms with Gasteiger partial charge in [-0.05, 0) is 6.92 Å². The van der Waals surface area contributed by atoms with Gasteiger partial charge in [-0.3, -0.25) is 4.52 Å². The van der Waals surface area contributed by atoms with Gasteiger partial charge in [0.05, 0.1) is 19.3 Å². The highest BCUT2D eigenvalue weighted by Gasteiger charge is 2.19. The lowest BCUT2D eigenvalue weighted by molar-refractivity contribution is 0.166. The molecule has 2 atom stereocenters. The summed E-state index contributed by atoms with van der Waals surface area (Å²) in [7, 11) is 0. The molecule has 0 aromatic heterocycles. The fourth-order valence-electron chi connectivity index (χ4n) is 0.782. The molecule has 0 saturated heterocycles. The molecule has 0 fully saturated rings. The first kappa shape index (κ1) is 15.8. The van der Waals surface area contributed by atoms with E-state index in [9.17, 15) is 9.67 Å². The SMILES string of the molecule is CC=CC(O)CCOP(=O)(Br)OCCBr. The van der Waals surface area contributed by atoms with Crippen molar-refractivity contribution in [3.05, 3.63) is 12.2 Å². The fourth-order valence-corrected chi connectivity index (χ4v) is 2.77. The molecule has 90 valence electrons. The molecule has 0 aliphatic heterocycles. The number of allylic oxidation sites excluding steroid dienone is 1. The van der Waals surface area contributed by atoms with Crippen LogP contribution in [0.4, 0.5) is 0 Å². The van der Waals surface area contributed by atoms with E-state index in [1.807, 2.05) is 6.92 Å². The minimum absolute atomic E-state index is 0.177. The number of alkyl halides is 1. The van der Waals surface area contributed by atoms with Crippen LogP contribution in [0.25, 0.3) is 0 Å². The second kappa shape index (κ2) is 8.90. The van der Waals surface area contributed by atoms with Crippen LogP contribution >= 0.6 is 37.7 Å². The molecule has 0 aromatic rings. The molecule has 0 amide bonds. The van der Waals surface area contributed by atoms with E-state index >= 15 is 0 Å². The van der Waals surface area contributed by atoms with Crippen LogP contribution in [-0.2, 0) is 13.6 Å². The van der Waals surface area contributed by atoms with E-state index in [-0.39, 0.29) is 6.61 Å². The highest BCUT2D eigenvalue weighted by molar-refractivity contribution is 9.39. The topological polar surface area (TPSA) is 55.8 Å². The Morgan fingerprint density at radius 2 is 2.07 bits per heavy atom. The maximum atomic E-state index is 11.5. The van der Waals surface area contributed by atoms with E-state index in [4.69, 9.17) is 9.05 Å². The van der Waals surface area contributed by atoms with E-state index in [0.29, 0.717) is 18.4 Å². The molecule has 0 bridgehead atoms. The summed E-state index contributed by atoms with van der Waals surface area (Å²) in [5.74, 6) is 0. The molecule has 0 aromatic carbocycles. The third-order valence-electron chi connectivity index (χ3n) is 1.40. The van der Waals surface area contributed by atoms with E-state index in [2.05, 4.69) is 31.4 Å². The molecule has 0 spiro atoms. The Bertz CT molecular complexity index is 235. The van der Waals surface area contributed by atoms with Crippen LogP contribution < -0.4 is 0 Å². The van der Waals surface area contributed by atoms with Crippen molar-refractivity contribution in [2.24, 2.45) is 0 Å². The van der Waals surface area contributed by atoms with Crippen molar-refractivity contribution in [3.8, 4) is 0 Å². The van der Waals surface area contributed by atoms with Crippen LogP contribution in [0.5, 0.6) is 0 Å². The number of hydrogen-bond donors (Lipinski definition) is 1. The van der Waals surface area contributed by atoms with Crippen molar-refractivity contribution >= 4 is 37.7 Å². The van der Waals surface area contributed by atoms with Gasteiger partial charge in [-0.15, -0.1) is 0 Å². The molecule has 0 rings (SSSR count). The summed E-state index contributed by atoms with van der Waals surface area (Å²) in [4.78, 5) is 0. The smallest absolute Gasteiger partial charge is 0.389 e. The quantitative estimate of drug-likeness (QED) is 0.407. The molecular weight excluding hydrogens is 351 g/mol. The van der Waals surface area contributed by atoms with Crippen molar-refractivity contribution in [3.63, 3.8) is 0 Å². The monoisotopic (exact) mass is 364 g/mol. The third kappa shape index (κ3) is 9.72. The van der Waals surface area contributed by atoms with Gasteiger partial charge in [0.25, 0.3) is 0 Å². The minimum atomic E-state index is -3.14. The third-order valence-corrected chi connectivity index (χ3v) is 3.93. The van der Waals surface area contributed by atoms with Gasteiger partial charge in [0.1, 0.15) is 0 Å². The van der Waals surface area contributed by atoms with Gasteiger partial charge in [0.2, 0.25) is 0 Å². The lowest BCUT2D eigenvalue weighted by Gasteiger charge is -2.12. The van der Waals surface area contributed by atoms with Gasteiger partial charge in [0.15, 0.2) is 0 Å². The molecule has 4 nitrogen and oxygen atoms in total. The van der Waals surface area contributed by atoms with Crippen LogP contribution in [0.1, 0.15) is 13.3 Å². The molecule has 1 N–H and O–H groups in total. The molecule has 0 radical (unpaired) electrons. The Morgan fingerprint density at radius 3 is 2.60 bits per heavy atom. The predicted octanol–water partition coefficient (Wildman–Crippen LogP) is 3.24. The van der Waals surface area contributed by atoms with Crippen molar-refractivity contribution in [1.29, 1.82) is 0 Å². The molecule has 0 saturated carbocycles. The average Bonchev–Trinajstić information content (AvgIpc) is 2.15. The van der Waals surface area contributed by atoms with Crippen LogP contribution in [0.3, 0.4) is 0 Å². The predicted molar refractivity (Wildman–Crippen MR) is 67.7 cm³/mol. The van der Waals surface area contributed by atoms with Gasteiger partial charge in [-0.25, -0.2) is 4.57 Å². The van der Waals surface area contributed by atoms with E-state index < -0.39 is 12.4 Å². The zero-order valence-corrected chi connectivity index (χ0v) is 12.5.